The van der Waals surface area contributed by atoms with E-state index in [1.807, 2.05) is 23.6 Å². The minimum atomic E-state index is -0.213. The summed E-state index contributed by atoms with van der Waals surface area (Å²) in [6.07, 6.45) is 1.94. The Bertz CT molecular complexity index is 575. The molecule has 0 spiro atoms. The summed E-state index contributed by atoms with van der Waals surface area (Å²) >= 11 is 1.60. The number of hydrogen-bond donors (Lipinski definition) is 1. The standard InChI is InChI=1S/C13H12N2O3S/c16-13(14-8-9-3-1-5-17-9)10-7-11(18-15-10)12-4-2-6-19-12/h1-6,11H,7-8H2,(H,14,16). The van der Waals surface area contributed by atoms with Gasteiger partial charge < -0.3 is 14.6 Å². The molecule has 0 aromatic carbocycles. The van der Waals surface area contributed by atoms with Gasteiger partial charge >= 0.3 is 0 Å². The Hall–Kier alpha value is -2.08. The van der Waals surface area contributed by atoms with Crippen LogP contribution in [0.1, 0.15) is 23.2 Å². The molecule has 0 saturated heterocycles. The van der Waals surface area contributed by atoms with Crippen LogP contribution in [0.25, 0.3) is 0 Å². The highest BCUT2D eigenvalue weighted by atomic mass is 32.1. The second-order valence-electron chi connectivity index (χ2n) is 4.11. The fraction of sp³-hybridized carbons (Fsp3) is 0.231. The molecule has 0 radical (unpaired) electrons. The summed E-state index contributed by atoms with van der Waals surface area (Å²) in [4.78, 5) is 18.3. The monoisotopic (exact) mass is 276 g/mol. The van der Waals surface area contributed by atoms with Crippen LogP contribution in [0.15, 0.2) is 45.5 Å². The molecule has 98 valence electrons. The predicted molar refractivity (Wildman–Crippen MR) is 70.8 cm³/mol. The third-order valence-corrected chi connectivity index (χ3v) is 3.76. The maximum atomic E-state index is 11.9. The zero-order valence-electron chi connectivity index (χ0n) is 10.0. The second-order valence-corrected chi connectivity index (χ2v) is 5.09. The number of carbonyl (C=O) groups is 1. The Balaban J connectivity index is 1.54. The smallest absolute Gasteiger partial charge is 0.269 e. The van der Waals surface area contributed by atoms with Crippen LogP contribution in [0.4, 0.5) is 0 Å². The van der Waals surface area contributed by atoms with E-state index in [-0.39, 0.29) is 12.0 Å². The van der Waals surface area contributed by atoms with Gasteiger partial charge in [-0.25, -0.2) is 0 Å². The SMILES string of the molecule is O=C(NCc1ccco1)C1=NOC(c2cccs2)C1. The summed E-state index contributed by atoms with van der Waals surface area (Å²) in [6, 6.07) is 7.53. The van der Waals surface area contributed by atoms with Gasteiger partial charge in [-0.3, -0.25) is 4.79 Å². The molecule has 1 aliphatic heterocycles. The van der Waals surface area contributed by atoms with Gasteiger partial charge in [-0.2, -0.15) is 0 Å². The van der Waals surface area contributed by atoms with Crippen LogP contribution >= 0.6 is 11.3 Å². The number of amides is 1. The van der Waals surface area contributed by atoms with E-state index in [0.29, 0.717) is 24.4 Å². The normalized spacial score (nSPS) is 17.9. The van der Waals surface area contributed by atoms with E-state index in [9.17, 15) is 4.79 Å². The van der Waals surface area contributed by atoms with Gasteiger partial charge in [0.1, 0.15) is 11.5 Å². The zero-order chi connectivity index (χ0) is 13.1. The summed E-state index contributed by atoms with van der Waals surface area (Å²) in [6.45, 7) is 0.356. The molecule has 1 N–H and O–H groups in total. The average Bonchev–Trinajstić information content (AvgIpc) is 3.14. The van der Waals surface area contributed by atoms with Crippen LogP contribution in [-0.4, -0.2) is 11.6 Å². The van der Waals surface area contributed by atoms with Crippen molar-refractivity contribution in [2.45, 2.75) is 19.1 Å². The van der Waals surface area contributed by atoms with E-state index >= 15 is 0 Å². The fourth-order valence-corrected chi connectivity index (χ4v) is 2.57. The van der Waals surface area contributed by atoms with E-state index in [1.54, 1.807) is 23.7 Å². The lowest BCUT2D eigenvalue weighted by Crippen LogP contribution is -2.29. The molecule has 0 bridgehead atoms. The van der Waals surface area contributed by atoms with Crippen molar-refractivity contribution < 1.29 is 14.0 Å². The van der Waals surface area contributed by atoms with Crippen molar-refractivity contribution in [3.05, 3.63) is 46.5 Å². The molecular formula is C13H12N2O3S. The predicted octanol–water partition coefficient (Wildman–Crippen LogP) is 2.47. The van der Waals surface area contributed by atoms with Crippen LogP contribution in [0.2, 0.25) is 0 Å². The number of nitrogens with one attached hydrogen (secondary N) is 1. The minimum Gasteiger partial charge on any atom is -0.467 e. The molecule has 1 atom stereocenters. The van der Waals surface area contributed by atoms with E-state index in [4.69, 9.17) is 9.25 Å². The van der Waals surface area contributed by atoms with Crippen molar-refractivity contribution in [1.82, 2.24) is 5.32 Å². The number of furan rings is 1. The number of hydrogen-bond acceptors (Lipinski definition) is 5. The van der Waals surface area contributed by atoms with Gasteiger partial charge in [0.2, 0.25) is 0 Å². The maximum absolute atomic E-state index is 11.9. The van der Waals surface area contributed by atoms with Gasteiger partial charge in [0.25, 0.3) is 5.91 Å². The highest BCUT2D eigenvalue weighted by Crippen LogP contribution is 2.30. The van der Waals surface area contributed by atoms with Crippen molar-refractivity contribution in [1.29, 1.82) is 0 Å². The van der Waals surface area contributed by atoms with Gasteiger partial charge in [-0.15, -0.1) is 11.3 Å². The Morgan fingerprint density at radius 3 is 3.16 bits per heavy atom. The molecule has 1 aliphatic rings. The first kappa shape index (κ1) is 12.0. The molecule has 1 amide bonds. The Kier molecular flexibility index (Phi) is 3.33. The highest BCUT2D eigenvalue weighted by Gasteiger charge is 2.27. The van der Waals surface area contributed by atoms with Crippen LogP contribution in [-0.2, 0) is 16.2 Å². The quantitative estimate of drug-likeness (QED) is 0.933. The molecule has 3 rings (SSSR count). The van der Waals surface area contributed by atoms with Gasteiger partial charge in [0, 0.05) is 11.3 Å². The summed E-state index contributed by atoms with van der Waals surface area (Å²) in [5.74, 6) is 0.498. The number of carbonyl (C=O) groups excluding carboxylic acids is 1. The summed E-state index contributed by atoms with van der Waals surface area (Å²) in [7, 11) is 0. The largest absolute Gasteiger partial charge is 0.467 e. The first-order valence-corrected chi connectivity index (χ1v) is 6.77. The molecule has 1 unspecified atom stereocenters. The summed E-state index contributed by atoms with van der Waals surface area (Å²) < 4.78 is 5.14. The number of nitrogens with zero attached hydrogens (tertiary/aromatic N) is 1. The first-order chi connectivity index (χ1) is 9.33. The van der Waals surface area contributed by atoms with Crippen molar-refractivity contribution in [3.8, 4) is 0 Å². The highest BCUT2D eigenvalue weighted by molar-refractivity contribution is 7.10. The Labute approximate surface area is 113 Å². The molecule has 0 saturated carbocycles. The lowest BCUT2D eigenvalue weighted by Gasteiger charge is -2.04. The lowest BCUT2D eigenvalue weighted by molar-refractivity contribution is -0.115. The van der Waals surface area contributed by atoms with E-state index in [0.717, 1.165) is 4.88 Å². The average molecular weight is 276 g/mol. The summed E-state index contributed by atoms with van der Waals surface area (Å²) in [5.41, 5.74) is 0.421. The van der Waals surface area contributed by atoms with Crippen LogP contribution in [0, 0.1) is 0 Å². The van der Waals surface area contributed by atoms with Crippen molar-refractivity contribution in [2.24, 2.45) is 5.16 Å². The van der Waals surface area contributed by atoms with Crippen LogP contribution in [0.5, 0.6) is 0 Å². The molecule has 5 nitrogen and oxygen atoms in total. The van der Waals surface area contributed by atoms with E-state index < -0.39 is 0 Å². The lowest BCUT2D eigenvalue weighted by atomic mass is 10.1. The van der Waals surface area contributed by atoms with Crippen molar-refractivity contribution >= 4 is 23.0 Å². The molecule has 2 aromatic rings. The maximum Gasteiger partial charge on any atom is 0.269 e. The van der Waals surface area contributed by atoms with Crippen LogP contribution in [0.3, 0.4) is 0 Å². The first-order valence-electron chi connectivity index (χ1n) is 5.89. The molecule has 3 heterocycles. The Morgan fingerprint density at radius 1 is 1.47 bits per heavy atom. The van der Waals surface area contributed by atoms with E-state index in [2.05, 4.69) is 10.5 Å². The molecule has 19 heavy (non-hydrogen) atoms. The topological polar surface area (TPSA) is 63.8 Å². The Morgan fingerprint density at radius 2 is 2.42 bits per heavy atom. The summed E-state index contributed by atoms with van der Waals surface area (Å²) in [5, 5.41) is 8.59. The third kappa shape index (κ3) is 2.68. The van der Waals surface area contributed by atoms with Gasteiger partial charge in [0.05, 0.1) is 12.8 Å². The molecule has 6 heteroatoms. The molecular weight excluding hydrogens is 264 g/mol. The zero-order valence-corrected chi connectivity index (χ0v) is 10.9. The van der Waals surface area contributed by atoms with Gasteiger partial charge in [-0.05, 0) is 23.6 Å². The third-order valence-electron chi connectivity index (χ3n) is 2.79. The second kappa shape index (κ2) is 5.27. The number of rotatable bonds is 4. The molecule has 2 aromatic heterocycles. The molecule has 0 aliphatic carbocycles. The molecule has 0 fully saturated rings. The van der Waals surface area contributed by atoms with Gasteiger partial charge in [0.15, 0.2) is 6.10 Å². The van der Waals surface area contributed by atoms with Crippen molar-refractivity contribution in [3.63, 3.8) is 0 Å². The number of oxime groups is 1. The van der Waals surface area contributed by atoms with Crippen molar-refractivity contribution in [2.75, 3.05) is 0 Å². The van der Waals surface area contributed by atoms with E-state index in [1.165, 1.54) is 0 Å². The number of thiophene rings is 1. The fourth-order valence-electron chi connectivity index (χ4n) is 1.82. The van der Waals surface area contributed by atoms with Gasteiger partial charge in [-0.1, -0.05) is 11.2 Å². The minimum absolute atomic E-state index is 0.135. The van der Waals surface area contributed by atoms with Crippen LogP contribution < -0.4 is 5.32 Å².